The number of carbonyl (C=O) groups excluding carboxylic acids is 1. The second kappa shape index (κ2) is 10.9. The number of benzene rings is 1. The zero-order chi connectivity index (χ0) is 24.0. The zero-order valence-corrected chi connectivity index (χ0v) is 18.8. The lowest BCUT2D eigenvalue weighted by molar-refractivity contribution is -0.0459. The molecule has 1 saturated heterocycles. The molecule has 3 rings (SSSR count). The van der Waals surface area contributed by atoms with Crippen LogP contribution in [0.15, 0.2) is 41.3 Å². The van der Waals surface area contributed by atoms with Gasteiger partial charge in [-0.25, -0.2) is 9.36 Å². The Morgan fingerprint density at radius 1 is 1.42 bits per heavy atom. The first-order chi connectivity index (χ1) is 15.7. The molecule has 1 aliphatic rings. The van der Waals surface area contributed by atoms with Crippen LogP contribution >= 0.6 is 18.2 Å². The number of aromatic nitrogens is 2. The molecule has 14 heteroatoms. The summed E-state index contributed by atoms with van der Waals surface area (Å²) < 4.78 is 24.1. The van der Waals surface area contributed by atoms with E-state index in [1.54, 1.807) is 18.2 Å². The van der Waals surface area contributed by atoms with Crippen molar-refractivity contribution in [2.24, 2.45) is 0 Å². The normalized spacial score (nSPS) is 21.7. The molecule has 176 valence electrons. The van der Waals surface area contributed by atoms with Crippen molar-refractivity contribution in [3.63, 3.8) is 0 Å². The van der Waals surface area contributed by atoms with Gasteiger partial charge < -0.3 is 29.7 Å². The van der Waals surface area contributed by atoms with Gasteiger partial charge in [0.25, 0.3) is 5.91 Å². The Labute approximate surface area is 192 Å². The number of amides is 1. The van der Waals surface area contributed by atoms with Gasteiger partial charge >= 0.3 is 12.5 Å². The van der Waals surface area contributed by atoms with Crippen molar-refractivity contribution in [3.8, 4) is 11.8 Å². The minimum absolute atomic E-state index is 0.00424. The Morgan fingerprint density at radius 2 is 2.15 bits per heavy atom. The molecule has 33 heavy (non-hydrogen) atoms. The predicted octanol–water partition coefficient (Wildman–Crippen LogP) is 1.26. The van der Waals surface area contributed by atoms with Crippen LogP contribution in [0.2, 0.25) is 0 Å². The highest BCUT2D eigenvalue weighted by atomic mass is 32.7. The maximum Gasteiger partial charge on any atom is 0.437 e. The fraction of sp³-hybridized carbons (Fsp3) is 0.368. The van der Waals surface area contributed by atoms with Gasteiger partial charge in [-0.15, -0.1) is 0 Å². The van der Waals surface area contributed by atoms with Gasteiger partial charge in [0.15, 0.2) is 11.6 Å². The van der Waals surface area contributed by atoms with E-state index in [2.05, 4.69) is 10.3 Å². The molecule has 0 aliphatic carbocycles. The van der Waals surface area contributed by atoms with Crippen molar-refractivity contribution in [3.05, 3.63) is 52.6 Å². The van der Waals surface area contributed by atoms with Crippen LogP contribution in [-0.2, 0) is 9.30 Å². The van der Waals surface area contributed by atoms with Crippen LogP contribution in [0.4, 0.5) is 5.82 Å². The number of hydrogen-bond acceptors (Lipinski definition) is 10. The molecule has 1 fully saturated rings. The number of aliphatic hydroxyl groups excluding tert-OH is 2. The first-order valence-electron chi connectivity index (χ1n) is 9.72. The van der Waals surface area contributed by atoms with Crippen LogP contribution in [0.3, 0.4) is 0 Å². The molecule has 1 unspecified atom stereocenters. The average Bonchev–Trinajstić information content (AvgIpc) is 3.16. The van der Waals surface area contributed by atoms with Crippen molar-refractivity contribution in [2.75, 3.05) is 17.7 Å². The molecule has 1 aromatic carbocycles. The highest BCUT2D eigenvalue weighted by Crippen LogP contribution is 2.56. The standard InChI is InChI=1S/C19H21N4O8PS/c20-7-4-8-33-32(28,29)31-14-10-23(16-9-13(25)15(11-24)30-16)19(27)22-17(14)21-18(26)12-5-2-1-3-6-12/h1-3,5-6,10,13,15-16,24-25H,4,8-9,11H2,(H,28,29)(H,21,22,26,27)/t13-,15+,16+/m0/s1. The van der Waals surface area contributed by atoms with Crippen molar-refractivity contribution < 1.29 is 33.7 Å². The molecule has 0 bridgehead atoms. The number of anilines is 1. The first kappa shape index (κ1) is 24.9. The van der Waals surface area contributed by atoms with E-state index in [0.717, 1.165) is 10.8 Å². The summed E-state index contributed by atoms with van der Waals surface area (Å²) >= 11 is 0.503. The van der Waals surface area contributed by atoms with E-state index in [4.69, 9.17) is 14.5 Å². The lowest BCUT2D eigenvalue weighted by atomic mass is 10.2. The van der Waals surface area contributed by atoms with Gasteiger partial charge in [0.2, 0.25) is 0 Å². The molecule has 2 heterocycles. The maximum atomic E-state index is 12.6. The lowest BCUT2D eigenvalue weighted by Crippen LogP contribution is -2.29. The van der Waals surface area contributed by atoms with Crippen molar-refractivity contribution in [1.29, 1.82) is 5.26 Å². The topological polar surface area (TPSA) is 184 Å². The predicted molar refractivity (Wildman–Crippen MR) is 118 cm³/mol. The molecule has 12 nitrogen and oxygen atoms in total. The van der Waals surface area contributed by atoms with E-state index in [0.29, 0.717) is 11.4 Å². The Hall–Kier alpha value is -2.72. The van der Waals surface area contributed by atoms with Crippen LogP contribution in [0, 0.1) is 11.3 Å². The molecule has 4 atom stereocenters. The minimum atomic E-state index is -4.35. The number of hydrogen-bond donors (Lipinski definition) is 4. The summed E-state index contributed by atoms with van der Waals surface area (Å²) in [5, 5.41) is 30.3. The van der Waals surface area contributed by atoms with Crippen molar-refractivity contribution >= 4 is 29.9 Å². The van der Waals surface area contributed by atoms with Gasteiger partial charge in [-0.05, 0) is 23.5 Å². The van der Waals surface area contributed by atoms with E-state index in [9.17, 15) is 29.3 Å². The number of nitrogens with one attached hydrogen (secondary N) is 1. The van der Waals surface area contributed by atoms with Crippen LogP contribution in [0.25, 0.3) is 0 Å². The average molecular weight is 496 g/mol. The van der Waals surface area contributed by atoms with Gasteiger partial charge in [-0.3, -0.25) is 9.36 Å². The van der Waals surface area contributed by atoms with Crippen LogP contribution in [0.1, 0.15) is 29.4 Å². The molecule has 0 saturated carbocycles. The van der Waals surface area contributed by atoms with E-state index in [-0.39, 0.29) is 29.9 Å². The summed E-state index contributed by atoms with van der Waals surface area (Å²) in [6, 6.07) is 9.86. The summed E-state index contributed by atoms with van der Waals surface area (Å²) in [6.45, 7) is -4.83. The van der Waals surface area contributed by atoms with E-state index in [1.165, 1.54) is 12.1 Å². The second-order valence-electron chi connectivity index (χ2n) is 6.88. The van der Waals surface area contributed by atoms with E-state index in [1.807, 2.05) is 6.07 Å². The summed E-state index contributed by atoms with van der Waals surface area (Å²) in [5.41, 5.74) is -0.635. The number of nitriles is 1. The molecule has 1 aromatic heterocycles. The zero-order valence-electron chi connectivity index (χ0n) is 17.1. The van der Waals surface area contributed by atoms with Crippen molar-refractivity contribution in [2.45, 2.75) is 31.3 Å². The Bertz CT molecular complexity index is 1140. The fourth-order valence-electron chi connectivity index (χ4n) is 2.99. The third-order valence-corrected chi connectivity index (χ3v) is 7.45. The summed E-state index contributed by atoms with van der Waals surface area (Å²) in [7, 11) is 0. The molecule has 4 N–H and O–H groups in total. The highest BCUT2D eigenvalue weighted by molar-refractivity contribution is 8.54. The summed E-state index contributed by atoms with van der Waals surface area (Å²) in [4.78, 5) is 39.1. The van der Waals surface area contributed by atoms with Crippen LogP contribution < -0.4 is 15.5 Å². The maximum absolute atomic E-state index is 12.6. The molecule has 1 amide bonds. The van der Waals surface area contributed by atoms with Gasteiger partial charge in [-0.1, -0.05) is 18.2 Å². The van der Waals surface area contributed by atoms with Gasteiger partial charge in [-0.2, -0.15) is 10.2 Å². The Balaban J connectivity index is 1.94. The number of nitrogens with zero attached hydrogens (tertiary/aromatic N) is 3. The Kier molecular flexibility index (Phi) is 8.25. The second-order valence-corrected chi connectivity index (χ2v) is 10.8. The molecule has 2 aromatic rings. The molecule has 0 radical (unpaired) electrons. The smallest absolute Gasteiger partial charge is 0.412 e. The third-order valence-electron chi connectivity index (χ3n) is 4.56. The number of rotatable bonds is 9. The molecule has 1 aliphatic heterocycles. The number of carbonyl (C=O) groups is 1. The third kappa shape index (κ3) is 6.42. The van der Waals surface area contributed by atoms with Crippen LogP contribution in [0.5, 0.6) is 5.75 Å². The van der Waals surface area contributed by atoms with E-state index >= 15 is 0 Å². The lowest BCUT2D eigenvalue weighted by Gasteiger charge is -2.19. The highest BCUT2D eigenvalue weighted by Gasteiger charge is 2.36. The van der Waals surface area contributed by atoms with E-state index < -0.39 is 49.3 Å². The SMILES string of the molecule is N#CCCSP(=O)(O)Oc1cn([C@H]2C[C@H](O)[C@@H](CO)O2)c(=O)nc1NC(=O)c1ccccc1. The van der Waals surface area contributed by atoms with Gasteiger partial charge in [0.1, 0.15) is 12.3 Å². The Morgan fingerprint density at radius 3 is 2.79 bits per heavy atom. The summed E-state index contributed by atoms with van der Waals surface area (Å²) in [5.74, 6) is -1.40. The quantitative estimate of drug-likeness (QED) is 0.289. The molecule has 0 spiro atoms. The number of ether oxygens (including phenoxy) is 1. The monoisotopic (exact) mass is 496 g/mol. The molecular formula is C19H21N4O8PS. The van der Waals surface area contributed by atoms with Crippen molar-refractivity contribution in [1.82, 2.24) is 9.55 Å². The van der Waals surface area contributed by atoms with Gasteiger partial charge in [0.05, 0.1) is 25.0 Å². The minimum Gasteiger partial charge on any atom is -0.412 e. The largest absolute Gasteiger partial charge is 0.437 e. The molecular weight excluding hydrogens is 475 g/mol. The number of aliphatic hydroxyl groups is 2. The first-order valence-corrected chi connectivity index (χ1v) is 12.9. The van der Waals surface area contributed by atoms with Crippen LogP contribution in [-0.4, -0.2) is 55.1 Å². The van der Waals surface area contributed by atoms with Gasteiger partial charge in [0, 0.05) is 24.2 Å². The summed E-state index contributed by atoms with van der Waals surface area (Å²) in [6.07, 6.45) is -1.99. The fourth-order valence-corrected chi connectivity index (χ4v) is 5.20.